The zero-order valence-electron chi connectivity index (χ0n) is 14.1. The number of rotatable bonds is 4. The third-order valence-electron chi connectivity index (χ3n) is 4.34. The predicted molar refractivity (Wildman–Crippen MR) is 95.0 cm³/mol. The molecule has 0 radical (unpaired) electrons. The van der Waals surface area contributed by atoms with E-state index in [0.717, 1.165) is 49.1 Å². The summed E-state index contributed by atoms with van der Waals surface area (Å²) in [4.78, 5) is 15.4. The Balaban J connectivity index is 1.50. The Morgan fingerprint density at radius 2 is 2.08 bits per heavy atom. The van der Waals surface area contributed by atoms with Crippen molar-refractivity contribution >= 4 is 17.3 Å². The van der Waals surface area contributed by atoms with Gasteiger partial charge in [-0.05, 0) is 31.9 Å². The molecule has 1 aliphatic rings. The summed E-state index contributed by atoms with van der Waals surface area (Å²) < 4.78 is 5.36. The minimum atomic E-state index is 0.246. The molecule has 1 saturated heterocycles. The molecule has 0 amide bonds. The van der Waals surface area contributed by atoms with Crippen LogP contribution in [0.3, 0.4) is 0 Å². The van der Waals surface area contributed by atoms with E-state index in [1.54, 1.807) is 6.33 Å². The Kier molecular flexibility index (Phi) is 4.28. The van der Waals surface area contributed by atoms with E-state index in [-0.39, 0.29) is 5.92 Å². The topological polar surface area (TPSA) is 80.0 Å². The first-order chi connectivity index (χ1) is 12.3. The monoisotopic (exact) mass is 336 g/mol. The summed E-state index contributed by atoms with van der Waals surface area (Å²) in [5.74, 6) is 3.35. The van der Waals surface area contributed by atoms with Gasteiger partial charge in [0, 0.05) is 24.8 Å². The van der Waals surface area contributed by atoms with Crippen LogP contribution in [0.2, 0.25) is 0 Å². The van der Waals surface area contributed by atoms with Crippen LogP contribution in [0.5, 0.6) is 0 Å². The van der Waals surface area contributed by atoms with Gasteiger partial charge in [-0.15, -0.1) is 0 Å². The molecule has 1 aromatic carbocycles. The maximum Gasteiger partial charge on any atom is 0.231 e. The van der Waals surface area contributed by atoms with Crippen LogP contribution in [0.25, 0.3) is 0 Å². The van der Waals surface area contributed by atoms with Crippen molar-refractivity contribution < 1.29 is 4.52 Å². The van der Waals surface area contributed by atoms with Crippen molar-refractivity contribution in [3.63, 3.8) is 0 Å². The molecule has 7 nitrogen and oxygen atoms in total. The molecule has 1 atom stereocenters. The van der Waals surface area contributed by atoms with Gasteiger partial charge in [0.15, 0.2) is 5.82 Å². The quantitative estimate of drug-likeness (QED) is 0.783. The Bertz CT molecular complexity index is 834. The van der Waals surface area contributed by atoms with Crippen molar-refractivity contribution in [1.29, 1.82) is 0 Å². The highest BCUT2D eigenvalue weighted by molar-refractivity contribution is 5.59. The standard InChI is InChI=1S/C18H20N6O/c1-13-21-18(25-23-13)14-6-5-9-24(11-14)17-10-16(19-12-20-17)22-15-7-3-2-4-8-15/h2-4,7-8,10,12,14H,5-6,9,11H2,1H3,(H,19,20,22). The molecular weight excluding hydrogens is 316 g/mol. The van der Waals surface area contributed by atoms with Crippen LogP contribution in [0.1, 0.15) is 30.5 Å². The molecule has 4 rings (SSSR count). The fourth-order valence-electron chi connectivity index (χ4n) is 3.12. The van der Waals surface area contributed by atoms with E-state index in [0.29, 0.717) is 5.82 Å². The maximum atomic E-state index is 5.36. The molecule has 0 saturated carbocycles. The van der Waals surface area contributed by atoms with Crippen LogP contribution in [-0.4, -0.2) is 33.2 Å². The Hall–Kier alpha value is -2.96. The molecule has 1 unspecified atom stereocenters. The molecule has 0 bridgehead atoms. The Morgan fingerprint density at radius 1 is 1.20 bits per heavy atom. The molecule has 1 fully saturated rings. The molecule has 0 spiro atoms. The SMILES string of the molecule is Cc1noc(C2CCCN(c3cc(Nc4ccccc4)ncn3)C2)n1. The van der Waals surface area contributed by atoms with Gasteiger partial charge in [0.25, 0.3) is 0 Å². The average Bonchev–Trinajstić information content (AvgIpc) is 3.09. The second-order valence-electron chi connectivity index (χ2n) is 6.22. The van der Waals surface area contributed by atoms with E-state index in [2.05, 4.69) is 30.3 Å². The van der Waals surface area contributed by atoms with E-state index in [9.17, 15) is 0 Å². The molecule has 7 heteroatoms. The van der Waals surface area contributed by atoms with Gasteiger partial charge in [0.1, 0.15) is 18.0 Å². The van der Waals surface area contributed by atoms with Crippen molar-refractivity contribution in [2.24, 2.45) is 0 Å². The summed E-state index contributed by atoms with van der Waals surface area (Å²) >= 11 is 0. The van der Waals surface area contributed by atoms with Crippen LogP contribution >= 0.6 is 0 Å². The number of hydrogen-bond donors (Lipinski definition) is 1. The summed E-state index contributed by atoms with van der Waals surface area (Å²) in [7, 11) is 0. The predicted octanol–water partition coefficient (Wildman–Crippen LogP) is 3.30. The molecule has 128 valence electrons. The summed E-state index contributed by atoms with van der Waals surface area (Å²) in [5.41, 5.74) is 1.00. The third kappa shape index (κ3) is 3.60. The van der Waals surface area contributed by atoms with Gasteiger partial charge in [-0.2, -0.15) is 4.98 Å². The highest BCUT2D eigenvalue weighted by atomic mass is 16.5. The smallest absolute Gasteiger partial charge is 0.231 e. The number of benzene rings is 1. The first-order valence-corrected chi connectivity index (χ1v) is 8.47. The van der Waals surface area contributed by atoms with Crippen molar-refractivity contribution in [2.75, 3.05) is 23.3 Å². The van der Waals surface area contributed by atoms with Gasteiger partial charge in [-0.25, -0.2) is 9.97 Å². The normalized spacial score (nSPS) is 17.5. The number of anilines is 3. The van der Waals surface area contributed by atoms with E-state index in [1.165, 1.54) is 0 Å². The van der Waals surface area contributed by atoms with Gasteiger partial charge in [-0.3, -0.25) is 0 Å². The largest absolute Gasteiger partial charge is 0.356 e. The molecule has 3 aromatic rings. The van der Waals surface area contributed by atoms with Crippen LogP contribution in [-0.2, 0) is 0 Å². The summed E-state index contributed by atoms with van der Waals surface area (Å²) in [6.45, 7) is 3.63. The lowest BCUT2D eigenvalue weighted by atomic mass is 9.98. The zero-order chi connectivity index (χ0) is 17.1. The number of aromatic nitrogens is 4. The molecular formula is C18H20N6O. The average molecular weight is 336 g/mol. The zero-order valence-corrected chi connectivity index (χ0v) is 14.1. The van der Waals surface area contributed by atoms with Crippen LogP contribution in [0.15, 0.2) is 47.2 Å². The molecule has 1 aliphatic heterocycles. The van der Waals surface area contributed by atoms with Crippen LogP contribution in [0, 0.1) is 6.92 Å². The van der Waals surface area contributed by atoms with Crippen molar-refractivity contribution in [3.8, 4) is 0 Å². The lowest BCUT2D eigenvalue weighted by Crippen LogP contribution is -2.35. The van der Waals surface area contributed by atoms with Crippen LogP contribution < -0.4 is 10.2 Å². The van der Waals surface area contributed by atoms with E-state index in [1.807, 2.05) is 43.3 Å². The number of hydrogen-bond acceptors (Lipinski definition) is 7. The van der Waals surface area contributed by atoms with Crippen molar-refractivity contribution in [3.05, 3.63) is 54.4 Å². The van der Waals surface area contributed by atoms with E-state index < -0.39 is 0 Å². The van der Waals surface area contributed by atoms with Crippen LogP contribution in [0.4, 0.5) is 17.3 Å². The van der Waals surface area contributed by atoms with Gasteiger partial charge in [0.05, 0.1) is 5.92 Å². The summed E-state index contributed by atoms with van der Waals surface area (Å²) in [6, 6.07) is 12.0. The number of para-hydroxylation sites is 1. The lowest BCUT2D eigenvalue weighted by Gasteiger charge is -2.31. The molecule has 25 heavy (non-hydrogen) atoms. The first kappa shape index (κ1) is 15.6. The third-order valence-corrected chi connectivity index (χ3v) is 4.34. The van der Waals surface area contributed by atoms with E-state index >= 15 is 0 Å². The second-order valence-corrected chi connectivity index (χ2v) is 6.22. The minimum absolute atomic E-state index is 0.246. The first-order valence-electron chi connectivity index (χ1n) is 8.47. The summed E-state index contributed by atoms with van der Waals surface area (Å²) in [5, 5.41) is 7.22. The number of nitrogens with one attached hydrogen (secondary N) is 1. The summed E-state index contributed by atoms with van der Waals surface area (Å²) in [6.07, 6.45) is 3.72. The van der Waals surface area contributed by atoms with Crippen molar-refractivity contribution in [1.82, 2.24) is 20.1 Å². The fourth-order valence-corrected chi connectivity index (χ4v) is 3.12. The minimum Gasteiger partial charge on any atom is -0.356 e. The number of aryl methyl sites for hydroxylation is 1. The fraction of sp³-hybridized carbons (Fsp3) is 0.333. The van der Waals surface area contributed by atoms with Gasteiger partial charge >= 0.3 is 0 Å². The Morgan fingerprint density at radius 3 is 2.88 bits per heavy atom. The molecule has 1 N–H and O–H groups in total. The van der Waals surface area contributed by atoms with E-state index in [4.69, 9.17) is 4.52 Å². The van der Waals surface area contributed by atoms with Gasteiger partial charge in [-0.1, -0.05) is 23.4 Å². The highest BCUT2D eigenvalue weighted by Gasteiger charge is 2.26. The molecule has 2 aromatic heterocycles. The molecule has 0 aliphatic carbocycles. The lowest BCUT2D eigenvalue weighted by molar-refractivity contribution is 0.331. The number of nitrogens with zero attached hydrogens (tertiary/aromatic N) is 5. The van der Waals surface area contributed by atoms with Crippen molar-refractivity contribution in [2.45, 2.75) is 25.7 Å². The van der Waals surface area contributed by atoms with Gasteiger partial charge < -0.3 is 14.7 Å². The number of piperidine rings is 1. The second kappa shape index (κ2) is 6.88. The Labute approximate surface area is 146 Å². The van der Waals surface area contributed by atoms with Gasteiger partial charge in [0.2, 0.25) is 5.89 Å². The maximum absolute atomic E-state index is 5.36. The molecule has 3 heterocycles. The highest BCUT2D eigenvalue weighted by Crippen LogP contribution is 2.29.